The number of oxime groups is 1. The molecule has 0 bridgehead atoms. The Morgan fingerprint density at radius 3 is 2.42 bits per heavy atom. The molecule has 26 heavy (non-hydrogen) atoms. The molecule has 2 aliphatic rings. The summed E-state index contributed by atoms with van der Waals surface area (Å²) in [5.74, 6) is -2.94. The number of amides is 1. The Morgan fingerprint density at radius 2 is 1.88 bits per heavy atom. The van der Waals surface area contributed by atoms with Gasteiger partial charge in [-0.25, -0.2) is 8.78 Å². The van der Waals surface area contributed by atoms with Crippen LogP contribution >= 0.6 is 0 Å². The van der Waals surface area contributed by atoms with Crippen molar-refractivity contribution in [1.29, 1.82) is 0 Å². The summed E-state index contributed by atoms with van der Waals surface area (Å²) in [6.07, 6.45) is -4.01. The van der Waals surface area contributed by atoms with Crippen LogP contribution in [0.1, 0.15) is 38.2 Å². The van der Waals surface area contributed by atoms with Crippen LogP contribution in [0.5, 0.6) is 0 Å². The van der Waals surface area contributed by atoms with Gasteiger partial charge in [-0.1, -0.05) is 12.1 Å². The molecule has 3 rings (SSSR count). The summed E-state index contributed by atoms with van der Waals surface area (Å²) >= 11 is 0. The van der Waals surface area contributed by atoms with Crippen LogP contribution in [0.15, 0.2) is 23.4 Å². The highest BCUT2D eigenvalue weighted by Crippen LogP contribution is 2.42. The van der Waals surface area contributed by atoms with Crippen LogP contribution in [0.2, 0.25) is 0 Å². The van der Waals surface area contributed by atoms with E-state index >= 15 is 0 Å². The number of benzene rings is 1. The number of nitrogens with one attached hydrogen (secondary N) is 1. The normalized spacial score (nSPS) is 28.6. The van der Waals surface area contributed by atoms with E-state index in [-0.39, 0.29) is 17.3 Å². The van der Waals surface area contributed by atoms with Crippen molar-refractivity contribution in [3.05, 3.63) is 35.4 Å². The van der Waals surface area contributed by atoms with Crippen LogP contribution in [0.25, 0.3) is 0 Å². The molecule has 1 aromatic rings. The molecule has 4 nitrogen and oxygen atoms in total. The van der Waals surface area contributed by atoms with Gasteiger partial charge in [0.05, 0.1) is 12.1 Å². The Kier molecular flexibility index (Phi) is 4.66. The second kappa shape index (κ2) is 6.51. The molecule has 142 valence electrons. The van der Waals surface area contributed by atoms with E-state index in [4.69, 9.17) is 0 Å². The Balaban J connectivity index is 1.83. The third-order valence-electron chi connectivity index (χ3n) is 4.78. The van der Waals surface area contributed by atoms with E-state index in [2.05, 4.69) is 15.3 Å². The summed E-state index contributed by atoms with van der Waals surface area (Å²) in [5.41, 5.74) is -3.73. The highest BCUT2D eigenvalue weighted by Gasteiger charge is 2.66. The fraction of sp³-hybridized carbons (Fsp3) is 0.529. The minimum absolute atomic E-state index is 0.198. The van der Waals surface area contributed by atoms with E-state index < -0.39 is 35.7 Å². The third-order valence-corrected chi connectivity index (χ3v) is 4.78. The lowest BCUT2D eigenvalue weighted by molar-refractivity contribution is -0.259. The van der Waals surface area contributed by atoms with Gasteiger partial charge in [0, 0.05) is 17.7 Å². The van der Waals surface area contributed by atoms with Crippen molar-refractivity contribution in [1.82, 2.24) is 5.32 Å². The lowest BCUT2D eigenvalue weighted by Gasteiger charge is -2.29. The van der Waals surface area contributed by atoms with Gasteiger partial charge in [-0.05, 0) is 37.3 Å². The topological polar surface area (TPSA) is 50.7 Å². The number of carbonyl (C=O) groups excluding carboxylic acids is 1. The first-order chi connectivity index (χ1) is 12.1. The summed E-state index contributed by atoms with van der Waals surface area (Å²) < 4.78 is 67.6. The van der Waals surface area contributed by atoms with Crippen LogP contribution in [-0.4, -0.2) is 29.4 Å². The van der Waals surface area contributed by atoms with Gasteiger partial charge in [0.1, 0.15) is 11.6 Å². The molecular weight excluding hydrogens is 359 g/mol. The molecule has 1 aliphatic carbocycles. The maximum atomic E-state index is 13.7. The average Bonchev–Trinajstić information content (AvgIpc) is 3.13. The molecule has 1 fully saturated rings. The Labute approximate surface area is 146 Å². The molecule has 1 heterocycles. The smallest absolute Gasteiger partial charge is 0.369 e. The lowest BCUT2D eigenvalue weighted by Crippen LogP contribution is -2.58. The van der Waals surface area contributed by atoms with Crippen LogP contribution in [-0.2, 0) is 9.63 Å². The molecule has 3 atom stereocenters. The molecule has 1 amide bonds. The van der Waals surface area contributed by atoms with E-state index in [0.29, 0.717) is 24.8 Å². The zero-order valence-corrected chi connectivity index (χ0v) is 13.9. The van der Waals surface area contributed by atoms with Gasteiger partial charge in [0.2, 0.25) is 0 Å². The van der Waals surface area contributed by atoms with Crippen LogP contribution in [0.3, 0.4) is 0 Å². The number of hydrogen-bond donors (Lipinski definition) is 1. The average molecular weight is 376 g/mol. The van der Waals surface area contributed by atoms with Gasteiger partial charge in [0.25, 0.3) is 5.91 Å². The molecule has 1 aliphatic heterocycles. The number of halogens is 5. The largest absolute Gasteiger partial charge is 0.440 e. The van der Waals surface area contributed by atoms with Gasteiger partial charge in [-0.15, -0.1) is 0 Å². The number of rotatable bonds is 3. The molecule has 0 spiro atoms. The van der Waals surface area contributed by atoms with Gasteiger partial charge in [-0.2, -0.15) is 13.2 Å². The summed E-state index contributed by atoms with van der Waals surface area (Å²) in [7, 11) is 0. The summed E-state index contributed by atoms with van der Waals surface area (Å²) in [6, 6.07) is 1.91. The first-order valence-electron chi connectivity index (χ1n) is 8.20. The van der Waals surface area contributed by atoms with Crippen molar-refractivity contribution < 1.29 is 31.6 Å². The minimum Gasteiger partial charge on any atom is -0.369 e. The summed E-state index contributed by atoms with van der Waals surface area (Å²) in [5, 5.41) is 5.71. The first kappa shape index (κ1) is 18.6. The monoisotopic (exact) mass is 376 g/mol. The molecule has 1 saturated carbocycles. The van der Waals surface area contributed by atoms with Crippen molar-refractivity contribution in [2.45, 2.75) is 50.4 Å². The molecular formula is C17H17F5N2O2. The lowest BCUT2D eigenvalue weighted by atomic mass is 9.92. The number of nitrogens with zero attached hydrogens (tertiary/aromatic N) is 1. The van der Waals surface area contributed by atoms with Gasteiger partial charge >= 0.3 is 11.8 Å². The fourth-order valence-electron chi connectivity index (χ4n) is 3.35. The highest BCUT2D eigenvalue weighted by molar-refractivity contribution is 6.05. The van der Waals surface area contributed by atoms with Crippen molar-refractivity contribution in [2.75, 3.05) is 0 Å². The van der Waals surface area contributed by atoms with Crippen molar-refractivity contribution in [3.8, 4) is 0 Å². The standard InChI is InChI=1S/C17H17F5N2O2/c1-9-2-3-13(4-9)23-15(25)16(17(20,21)22)8-14(24-26-16)10-5-11(18)7-12(19)6-10/h5-7,9,13H,2-4,8H2,1H3,(H,23,25)/t9-,13-,16?/m0/s1. The van der Waals surface area contributed by atoms with Crippen molar-refractivity contribution >= 4 is 11.6 Å². The summed E-state index contributed by atoms with van der Waals surface area (Å²) in [4.78, 5) is 17.0. The van der Waals surface area contributed by atoms with Crippen LogP contribution < -0.4 is 5.32 Å². The number of hydrogen-bond acceptors (Lipinski definition) is 3. The second-order valence-electron chi connectivity index (χ2n) is 6.88. The summed E-state index contributed by atoms with van der Waals surface area (Å²) in [6.45, 7) is 1.96. The van der Waals surface area contributed by atoms with Gasteiger partial charge < -0.3 is 10.2 Å². The van der Waals surface area contributed by atoms with Crippen molar-refractivity contribution in [2.24, 2.45) is 11.1 Å². The quantitative estimate of drug-likeness (QED) is 0.818. The van der Waals surface area contributed by atoms with E-state index in [1.807, 2.05) is 6.92 Å². The van der Waals surface area contributed by atoms with Crippen LogP contribution in [0, 0.1) is 17.6 Å². The van der Waals surface area contributed by atoms with E-state index in [9.17, 15) is 26.7 Å². The maximum Gasteiger partial charge on any atom is 0.440 e. The fourth-order valence-corrected chi connectivity index (χ4v) is 3.35. The Bertz CT molecular complexity index is 729. The predicted octanol–water partition coefficient (Wildman–Crippen LogP) is 3.70. The highest BCUT2D eigenvalue weighted by atomic mass is 19.4. The zero-order valence-electron chi connectivity index (χ0n) is 13.9. The molecule has 1 aromatic carbocycles. The Hall–Kier alpha value is -2.19. The van der Waals surface area contributed by atoms with Gasteiger partial charge in [0.15, 0.2) is 0 Å². The predicted molar refractivity (Wildman–Crippen MR) is 82.3 cm³/mol. The molecule has 0 radical (unpaired) electrons. The number of carbonyl (C=O) groups is 1. The van der Waals surface area contributed by atoms with E-state index in [1.54, 1.807) is 0 Å². The SMILES string of the molecule is C[C@H]1CC[C@H](NC(=O)C2(C(F)(F)F)CC(c3cc(F)cc(F)c3)=NO2)C1. The molecule has 1 N–H and O–H groups in total. The third kappa shape index (κ3) is 3.39. The molecule has 0 saturated heterocycles. The first-order valence-corrected chi connectivity index (χ1v) is 8.20. The number of alkyl halides is 3. The zero-order chi connectivity index (χ0) is 19.1. The minimum atomic E-state index is -5.04. The van der Waals surface area contributed by atoms with Gasteiger partial charge in [-0.3, -0.25) is 4.79 Å². The maximum absolute atomic E-state index is 13.7. The van der Waals surface area contributed by atoms with Crippen molar-refractivity contribution in [3.63, 3.8) is 0 Å². The van der Waals surface area contributed by atoms with E-state index in [0.717, 1.165) is 18.6 Å². The van der Waals surface area contributed by atoms with Crippen LogP contribution in [0.4, 0.5) is 22.0 Å². The second-order valence-corrected chi connectivity index (χ2v) is 6.88. The molecule has 1 unspecified atom stereocenters. The Morgan fingerprint density at radius 1 is 1.23 bits per heavy atom. The van der Waals surface area contributed by atoms with E-state index in [1.165, 1.54) is 0 Å². The molecule has 9 heteroatoms. The molecule has 0 aromatic heterocycles.